The lowest BCUT2D eigenvalue weighted by Crippen LogP contribution is -2.37. The van der Waals surface area contributed by atoms with Gasteiger partial charge in [-0.05, 0) is 52.2 Å². The molecule has 21 heavy (non-hydrogen) atoms. The molecule has 1 fully saturated rings. The lowest BCUT2D eigenvalue weighted by Gasteiger charge is -2.29. The molecule has 2 heterocycles. The fourth-order valence-electron chi connectivity index (χ4n) is 2.18. The highest BCUT2D eigenvalue weighted by molar-refractivity contribution is 5.97. The molecule has 1 saturated heterocycles. The van der Waals surface area contributed by atoms with Gasteiger partial charge < -0.3 is 13.9 Å². The number of furan rings is 1. The highest BCUT2D eigenvalue weighted by Crippen LogP contribution is 2.23. The zero-order valence-electron chi connectivity index (χ0n) is 12.8. The van der Waals surface area contributed by atoms with Gasteiger partial charge in [0.1, 0.15) is 12.7 Å². The Morgan fingerprint density at radius 1 is 1.33 bits per heavy atom. The first-order chi connectivity index (χ1) is 9.88. The molecule has 1 aliphatic rings. The van der Waals surface area contributed by atoms with Gasteiger partial charge >= 0.3 is 5.97 Å². The molecule has 116 valence electrons. The average Bonchev–Trinajstić information content (AvgIpc) is 2.97. The Morgan fingerprint density at radius 3 is 2.71 bits per heavy atom. The number of hydrogen-bond donors (Lipinski definition) is 0. The second-order valence-corrected chi connectivity index (χ2v) is 6.37. The second kappa shape index (κ2) is 6.43. The maximum Gasteiger partial charge on any atom is 0.311 e. The summed E-state index contributed by atoms with van der Waals surface area (Å²) in [5.74, 6) is -0.0928. The van der Waals surface area contributed by atoms with Crippen LogP contribution in [0.4, 0.5) is 0 Å². The van der Waals surface area contributed by atoms with Crippen LogP contribution in [0.2, 0.25) is 0 Å². The van der Waals surface area contributed by atoms with Crippen LogP contribution in [0.25, 0.3) is 0 Å². The Labute approximate surface area is 124 Å². The standard InChI is InChI=1S/C16H22O5/c1-16(2,3)15(18)20-10-11-6-4-7-13(21-11)14(17)12-8-5-9-19-12/h5,8-9,11,13H,4,6-7,10H2,1-3H3/t11-,13+/m1/s1. The third kappa shape index (κ3) is 4.17. The molecule has 5 nitrogen and oxygen atoms in total. The van der Waals surface area contributed by atoms with Gasteiger partial charge in [-0.1, -0.05) is 0 Å². The Morgan fingerprint density at radius 2 is 2.10 bits per heavy atom. The molecule has 2 atom stereocenters. The van der Waals surface area contributed by atoms with Gasteiger partial charge in [-0.3, -0.25) is 9.59 Å². The molecule has 0 saturated carbocycles. The van der Waals surface area contributed by atoms with E-state index < -0.39 is 11.5 Å². The van der Waals surface area contributed by atoms with Crippen molar-refractivity contribution < 1.29 is 23.5 Å². The third-order valence-corrected chi connectivity index (χ3v) is 3.42. The average molecular weight is 294 g/mol. The summed E-state index contributed by atoms with van der Waals surface area (Å²) in [4.78, 5) is 23.9. The van der Waals surface area contributed by atoms with Gasteiger partial charge in [0, 0.05) is 0 Å². The van der Waals surface area contributed by atoms with Crippen LogP contribution in [-0.2, 0) is 14.3 Å². The van der Waals surface area contributed by atoms with Gasteiger partial charge in [-0.25, -0.2) is 0 Å². The molecule has 0 amide bonds. The van der Waals surface area contributed by atoms with E-state index in [0.29, 0.717) is 12.2 Å². The summed E-state index contributed by atoms with van der Waals surface area (Å²) < 4.78 is 16.1. The number of ketones is 1. The lowest BCUT2D eigenvalue weighted by molar-refractivity contribution is -0.159. The molecule has 1 aromatic rings. The molecule has 0 bridgehead atoms. The number of carbonyl (C=O) groups excluding carboxylic acids is 2. The van der Waals surface area contributed by atoms with E-state index in [9.17, 15) is 9.59 Å². The summed E-state index contributed by atoms with van der Waals surface area (Å²) in [7, 11) is 0. The minimum Gasteiger partial charge on any atom is -0.463 e. The van der Waals surface area contributed by atoms with Gasteiger partial charge in [0.25, 0.3) is 0 Å². The number of rotatable bonds is 4. The van der Waals surface area contributed by atoms with Crippen molar-refractivity contribution in [3.05, 3.63) is 24.2 Å². The van der Waals surface area contributed by atoms with Gasteiger partial charge in [-0.2, -0.15) is 0 Å². The molecule has 0 aromatic carbocycles. The molecule has 1 aliphatic heterocycles. The first-order valence-electron chi connectivity index (χ1n) is 7.28. The number of hydrogen-bond acceptors (Lipinski definition) is 5. The van der Waals surface area contributed by atoms with Crippen molar-refractivity contribution in [3.8, 4) is 0 Å². The predicted octanol–water partition coefficient (Wildman–Crippen LogP) is 2.99. The zero-order chi connectivity index (χ0) is 15.5. The minimum atomic E-state index is -0.530. The number of ether oxygens (including phenoxy) is 2. The number of esters is 1. The Bertz CT molecular complexity index is 483. The SMILES string of the molecule is CC(C)(C)C(=O)OC[C@H]1CCC[C@@H](C(=O)c2ccco2)O1. The van der Waals surface area contributed by atoms with Crippen molar-refractivity contribution in [1.29, 1.82) is 0 Å². The van der Waals surface area contributed by atoms with E-state index in [1.807, 2.05) is 0 Å². The maximum absolute atomic E-state index is 12.2. The van der Waals surface area contributed by atoms with Crippen LogP contribution in [0.15, 0.2) is 22.8 Å². The third-order valence-electron chi connectivity index (χ3n) is 3.42. The molecule has 0 spiro atoms. The molecule has 2 rings (SSSR count). The summed E-state index contributed by atoms with van der Waals surface area (Å²) in [6, 6.07) is 3.31. The van der Waals surface area contributed by atoms with Crippen molar-refractivity contribution in [2.24, 2.45) is 5.41 Å². The normalized spacial score (nSPS) is 22.8. The molecule has 0 N–H and O–H groups in total. The smallest absolute Gasteiger partial charge is 0.311 e. The molecular weight excluding hydrogens is 272 g/mol. The monoisotopic (exact) mass is 294 g/mol. The number of carbonyl (C=O) groups is 2. The van der Waals surface area contributed by atoms with E-state index in [-0.39, 0.29) is 24.5 Å². The van der Waals surface area contributed by atoms with E-state index >= 15 is 0 Å². The van der Waals surface area contributed by atoms with Gasteiger partial charge in [0.05, 0.1) is 17.8 Å². The zero-order valence-corrected chi connectivity index (χ0v) is 12.8. The van der Waals surface area contributed by atoms with Crippen molar-refractivity contribution in [2.45, 2.75) is 52.2 Å². The van der Waals surface area contributed by atoms with E-state index in [4.69, 9.17) is 13.9 Å². The van der Waals surface area contributed by atoms with Crippen molar-refractivity contribution >= 4 is 11.8 Å². The summed E-state index contributed by atoms with van der Waals surface area (Å²) in [6.45, 7) is 5.61. The van der Waals surface area contributed by atoms with Gasteiger partial charge in [-0.15, -0.1) is 0 Å². The molecule has 5 heteroatoms. The minimum absolute atomic E-state index is 0.146. The fourth-order valence-corrected chi connectivity index (χ4v) is 2.18. The van der Waals surface area contributed by atoms with E-state index in [0.717, 1.165) is 12.8 Å². The topological polar surface area (TPSA) is 65.7 Å². The van der Waals surface area contributed by atoms with Crippen molar-refractivity contribution in [2.75, 3.05) is 6.61 Å². The van der Waals surface area contributed by atoms with Gasteiger partial charge in [0.2, 0.25) is 5.78 Å². The highest BCUT2D eigenvalue weighted by atomic mass is 16.6. The fraction of sp³-hybridized carbons (Fsp3) is 0.625. The van der Waals surface area contributed by atoms with E-state index in [2.05, 4.69) is 0 Å². The molecular formula is C16H22O5. The van der Waals surface area contributed by atoms with E-state index in [1.165, 1.54) is 6.26 Å². The van der Waals surface area contributed by atoms with Crippen LogP contribution in [0.1, 0.15) is 50.6 Å². The summed E-state index contributed by atoms with van der Waals surface area (Å²) in [6.07, 6.45) is 3.06. The van der Waals surface area contributed by atoms with Crippen LogP contribution in [0, 0.1) is 5.41 Å². The molecule has 0 unspecified atom stereocenters. The first-order valence-corrected chi connectivity index (χ1v) is 7.28. The van der Waals surface area contributed by atoms with Crippen LogP contribution in [0.5, 0.6) is 0 Å². The molecule has 0 radical (unpaired) electrons. The van der Waals surface area contributed by atoms with Crippen LogP contribution >= 0.6 is 0 Å². The maximum atomic E-state index is 12.2. The summed E-state index contributed by atoms with van der Waals surface area (Å²) >= 11 is 0. The Balaban J connectivity index is 1.86. The Hall–Kier alpha value is -1.62. The lowest BCUT2D eigenvalue weighted by atomic mass is 9.97. The van der Waals surface area contributed by atoms with E-state index in [1.54, 1.807) is 32.9 Å². The summed E-state index contributed by atoms with van der Waals surface area (Å²) in [5.41, 5.74) is -0.530. The van der Waals surface area contributed by atoms with Crippen LogP contribution in [-0.4, -0.2) is 30.6 Å². The first kappa shape index (κ1) is 15.8. The molecule has 1 aromatic heterocycles. The quantitative estimate of drug-likeness (QED) is 0.631. The van der Waals surface area contributed by atoms with Crippen LogP contribution in [0.3, 0.4) is 0 Å². The second-order valence-electron chi connectivity index (χ2n) is 6.37. The summed E-state index contributed by atoms with van der Waals surface area (Å²) in [5, 5.41) is 0. The predicted molar refractivity (Wildman–Crippen MR) is 76.0 cm³/mol. The van der Waals surface area contributed by atoms with Crippen molar-refractivity contribution in [3.63, 3.8) is 0 Å². The number of Topliss-reactive ketones (excluding diaryl/α,β-unsaturated/α-hetero) is 1. The van der Waals surface area contributed by atoms with Crippen molar-refractivity contribution in [1.82, 2.24) is 0 Å². The van der Waals surface area contributed by atoms with Crippen LogP contribution < -0.4 is 0 Å². The van der Waals surface area contributed by atoms with Gasteiger partial charge in [0.15, 0.2) is 5.76 Å². The largest absolute Gasteiger partial charge is 0.463 e. The Kier molecular flexibility index (Phi) is 4.83. The molecule has 0 aliphatic carbocycles. The highest BCUT2D eigenvalue weighted by Gasteiger charge is 2.31.